The van der Waals surface area contributed by atoms with Crippen molar-refractivity contribution in [1.82, 2.24) is 10.2 Å². The first-order chi connectivity index (χ1) is 7.84. The van der Waals surface area contributed by atoms with Crippen LogP contribution in [0.25, 0.3) is 0 Å². The number of fused-ring (bicyclic) bond motifs is 1. The van der Waals surface area contributed by atoms with Crippen LogP contribution in [-0.4, -0.2) is 42.2 Å². The molecule has 2 atom stereocenters. The van der Waals surface area contributed by atoms with E-state index in [0.29, 0.717) is 12.1 Å². The normalized spacial score (nSPS) is 39.7. The van der Waals surface area contributed by atoms with Gasteiger partial charge < -0.3 is 11.1 Å². The Balaban J connectivity index is 1.72. The lowest BCUT2D eigenvalue weighted by molar-refractivity contribution is 0.212. The van der Waals surface area contributed by atoms with E-state index in [-0.39, 0.29) is 5.54 Å². The van der Waals surface area contributed by atoms with E-state index in [1.165, 1.54) is 45.2 Å². The molecule has 2 saturated heterocycles. The molecule has 0 bridgehead atoms. The van der Waals surface area contributed by atoms with Crippen LogP contribution in [-0.2, 0) is 0 Å². The van der Waals surface area contributed by atoms with E-state index in [1.54, 1.807) is 0 Å². The van der Waals surface area contributed by atoms with Crippen LogP contribution >= 0.6 is 0 Å². The van der Waals surface area contributed by atoms with Gasteiger partial charge in [-0.25, -0.2) is 0 Å². The van der Waals surface area contributed by atoms with Crippen molar-refractivity contribution in [3.63, 3.8) is 0 Å². The van der Waals surface area contributed by atoms with Gasteiger partial charge in [0.2, 0.25) is 0 Å². The molecule has 0 aromatic rings. The van der Waals surface area contributed by atoms with Crippen molar-refractivity contribution in [3.05, 3.63) is 12.2 Å². The first-order valence-electron chi connectivity index (χ1n) is 6.71. The summed E-state index contributed by atoms with van der Waals surface area (Å²) >= 11 is 0. The van der Waals surface area contributed by atoms with Crippen molar-refractivity contribution in [3.8, 4) is 0 Å². The average molecular weight is 221 g/mol. The Morgan fingerprint density at radius 1 is 1.31 bits per heavy atom. The van der Waals surface area contributed by atoms with Gasteiger partial charge in [-0.05, 0) is 38.6 Å². The van der Waals surface area contributed by atoms with Gasteiger partial charge in [0.15, 0.2) is 0 Å². The molecule has 2 unspecified atom stereocenters. The quantitative estimate of drug-likeness (QED) is 0.695. The Morgan fingerprint density at radius 3 is 2.88 bits per heavy atom. The summed E-state index contributed by atoms with van der Waals surface area (Å²) < 4.78 is 0. The van der Waals surface area contributed by atoms with E-state index < -0.39 is 0 Å². The third kappa shape index (κ3) is 1.62. The zero-order chi connectivity index (χ0) is 11.0. The molecule has 90 valence electrons. The highest BCUT2D eigenvalue weighted by molar-refractivity contribution is 5.11. The minimum absolute atomic E-state index is 0.215. The van der Waals surface area contributed by atoms with Gasteiger partial charge in [-0.3, -0.25) is 4.90 Å². The number of nitrogens with one attached hydrogen (secondary N) is 1. The molecule has 0 radical (unpaired) electrons. The third-order valence-electron chi connectivity index (χ3n) is 4.71. The van der Waals surface area contributed by atoms with Gasteiger partial charge in [-0.1, -0.05) is 12.2 Å². The Hall–Kier alpha value is -0.380. The third-order valence-corrected chi connectivity index (χ3v) is 4.71. The van der Waals surface area contributed by atoms with E-state index >= 15 is 0 Å². The predicted octanol–water partition coefficient (Wildman–Crippen LogP) is 0.860. The maximum atomic E-state index is 6.09. The number of hydrogen-bond donors (Lipinski definition) is 2. The molecule has 2 heterocycles. The molecule has 2 aliphatic heterocycles. The van der Waals surface area contributed by atoms with Gasteiger partial charge >= 0.3 is 0 Å². The molecule has 0 aromatic carbocycles. The predicted molar refractivity (Wildman–Crippen MR) is 66.3 cm³/mol. The summed E-state index contributed by atoms with van der Waals surface area (Å²) in [5.41, 5.74) is 6.31. The zero-order valence-corrected chi connectivity index (χ0v) is 9.99. The second kappa shape index (κ2) is 4.13. The van der Waals surface area contributed by atoms with Gasteiger partial charge in [0.1, 0.15) is 0 Å². The van der Waals surface area contributed by atoms with Gasteiger partial charge in [0, 0.05) is 30.7 Å². The summed E-state index contributed by atoms with van der Waals surface area (Å²) in [6, 6.07) is 1.35. The lowest BCUT2D eigenvalue weighted by Crippen LogP contribution is -2.60. The number of rotatable bonds is 3. The molecule has 2 fully saturated rings. The van der Waals surface area contributed by atoms with Crippen LogP contribution in [0.2, 0.25) is 0 Å². The second-order valence-electron chi connectivity index (χ2n) is 5.59. The summed E-state index contributed by atoms with van der Waals surface area (Å²) in [6.45, 7) is 3.33. The molecule has 3 nitrogen and oxygen atoms in total. The Labute approximate surface area is 98.1 Å². The fourth-order valence-electron chi connectivity index (χ4n) is 3.84. The molecule has 0 aromatic heterocycles. The molecule has 0 spiro atoms. The Bertz CT molecular complexity index is 281. The summed E-state index contributed by atoms with van der Waals surface area (Å²) in [5.74, 6) is 0. The monoisotopic (exact) mass is 221 g/mol. The lowest BCUT2D eigenvalue weighted by Gasteiger charge is -2.38. The fraction of sp³-hybridized carbons (Fsp3) is 0.846. The van der Waals surface area contributed by atoms with E-state index in [9.17, 15) is 0 Å². The van der Waals surface area contributed by atoms with E-state index in [0.717, 1.165) is 6.54 Å². The first-order valence-corrected chi connectivity index (χ1v) is 6.71. The van der Waals surface area contributed by atoms with Crippen molar-refractivity contribution in [2.75, 3.05) is 19.6 Å². The highest BCUT2D eigenvalue weighted by atomic mass is 15.3. The Kier molecular flexibility index (Phi) is 2.78. The van der Waals surface area contributed by atoms with Gasteiger partial charge in [0.05, 0.1) is 0 Å². The van der Waals surface area contributed by atoms with E-state index in [2.05, 4.69) is 22.4 Å². The largest absolute Gasteiger partial charge is 0.329 e. The van der Waals surface area contributed by atoms with Crippen LogP contribution in [0.1, 0.15) is 32.1 Å². The smallest absolute Gasteiger partial charge is 0.0475 e. The van der Waals surface area contributed by atoms with Crippen LogP contribution in [0.15, 0.2) is 12.2 Å². The fourth-order valence-corrected chi connectivity index (χ4v) is 3.84. The molecule has 3 aliphatic rings. The van der Waals surface area contributed by atoms with Crippen LogP contribution in [0.5, 0.6) is 0 Å². The maximum absolute atomic E-state index is 6.09. The van der Waals surface area contributed by atoms with Crippen molar-refractivity contribution in [1.29, 1.82) is 0 Å². The zero-order valence-electron chi connectivity index (χ0n) is 9.99. The minimum atomic E-state index is 0.215. The molecule has 1 aliphatic carbocycles. The molecule has 0 amide bonds. The van der Waals surface area contributed by atoms with Crippen molar-refractivity contribution in [2.45, 2.75) is 49.7 Å². The van der Waals surface area contributed by atoms with Gasteiger partial charge in [0.25, 0.3) is 0 Å². The van der Waals surface area contributed by atoms with Crippen molar-refractivity contribution in [2.24, 2.45) is 5.73 Å². The van der Waals surface area contributed by atoms with Crippen LogP contribution < -0.4 is 11.1 Å². The molecule has 16 heavy (non-hydrogen) atoms. The number of nitrogens with zero attached hydrogens (tertiary/aromatic N) is 1. The van der Waals surface area contributed by atoms with E-state index in [4.69, 9.17) is 5.73 Å². The molecule has 3 heteroatoms. The first kappa shape index (κ1) is 10.8. The van der Waals surface area contributed by atoms with Crippen molar-refractivity contribution < 1.29 is 0 Å². The lowest BCUT2D eigenvalue weighted by atomic mass is 9.87. The van der Waals surface area contributed by atoms with Gasteiger partial charge in [-0.15, -0.1) is 0 Å². The SMILES string of the molecule is NCC1(NC2CC=CC2)CCN2CCCC21. The summed E-state index contributed by atoms with van der Waals surface area (Å²) in [6.07, 6.45) is 10.9. The highest BCUT2D eigenvalue weighted by Gasteiger charge is 2.48. The second-order valence-corrected chi connectivity index (χ2v) is 5.59. The minimum Gasteiger partial charge on any atom is -0.329 e. The Morgan fingerprint density at radius 2 is 2.12 bits per heavy atom. The maximum Gasteiger partial charge on any atom is 0.0475 e. The molecule has 3 N–H and O–H groups in total. The van der Waals surface area contributed by atoms with Crippen LogP contribution in [0, 0.1) is 0 Å². The molecule has 0 saturated carbocycles. The summed E-state index contributed by atoms with van der Waals surface area (Å²) in [5, 5.41) is 3.88. The highest BCUT2D eigenvalue weighted by Crippen LogP contribution is 2.36. The number of hydrogen-bond acceptors (Lipinski definition) is 3. The van der Waals surface area contributed by atoms with Gasteiger partial charge in [-0.2, -0.15) is 0 Å². The number of nitrogens with two attached hydrogens (primary N) is 1. The summed E-state index contributed by atoms with van der Waals surface area (Å²) in [4.78, 5) is 2.64. The molecular weight excluding hydrogens is 198 g/mol. The average Bonchev–Trinajstić information content (AvgIpc) is 2.98. The molecular formula is C13H23N3. The summed E-state index contributed by atoms with van der Waals surface area (Å²) in [7, 11) is 0. The standard InChI is InChI=1S/C13H23N3/c14-10-13(15-11-4-1-2-5-11)7-9-16-8-3-6-12(13)16/h1-2,11-12,15H,3-10,14H2. The van der Waals surface area contributed by atoms with Crippen LogP contribution in [0.4, 0.5) is 0 Å². The van der Waals surface area contributed by atoms with Crippen LogP contribution in [0.3, 0.4) is 0 Å². The molecule has 3 rings (SSSR count). The van der Waals surface area contributed by atoms with Crippen molar-refractivity contribution >= 4 is 0 Å². The van der Waals surface area contributed by atoms with E-state index in [1.807, 2.05) is 0 Å². The topological polar surface area (TPSA) is 41.3 Å².